The van der Waals surface area contributed by atoms with E-state index in [2.05, 4.69) is 0 Å². The predicted octanol–water partition coefficient (Wildman–Crippen LogP) is 2.08. The summed E-state index contributed by atoms with van der Waals surface area (Å²) in [6.07, 6.45) is 0. The van der Waals surface area contributed by atoms with Crippen LogP contribution in [0.3, 0.4) is 0 Å². The first-order chi connectivity index (χ1) is 7.07. The zero-order chi connectivity index (χ0) is 11.4. The monoisotopic (exact) mass is 262 g/mol. The van der Waals surface area contributed by atoms with E-state index in [1.807, 2.05) is 38.4 Å². The Hall–Kier alpha value is -0.580. The van der Waals surface area contributed by atoms with Gasteiger partial charge in [-0.1, -0.05) is 6.07 Å². The molecule has 0 aliphatic rings. The molecule has 5 heteroatoms. The molecule has 2 N–H and O–H groups in total. The van der Waals surface area contributed by atoms with E-state index >= 15 is 0 Å². The molecule has 0 aliphatic carbocycles. The van der Waals surface area contributed by atoms with Crippen molar-refractivity contribution in [1.29, 1.82) is 0 Å². The fourth-order valence-electron chi connectivity index (χ4n) is 1.34. The van der Waals surface area contributed by atoms with Crippen molar-refractivity contribution in [2.24, 2.45) is 5.73 Å². The minimum absolute atomic E-state index is 0. The number of likely N-dealkylation sites (N-methyl/N-ethyl adjacent to an activating group) is 1. The van der Waals surface area contributed by atoms with Gasteiger partial charge in [0.2, 0.25) is 5.91 Å². The van der Waals surface area contributed by atoms with Gasteiger partial charge in [0.15, 0.2) is 0 Å². The number of hydrogen-bond acceptors (Lipinski definition) is 3. The smallest absolute Gasteiger partial charge is 0.230 e. The molecule has 0 aliphatic heterocycles. The number of carbonyl (C=O) groups is 1. The highest BCUT2D eigenvalue weighted by molar-refractivity contribution is 7.10. The van der Waals surface area contributed by atoms with Crippen LogP contribution in [-0.4, -0.2) is 30.4 Å². The second-order valence-corrected chi connectivity index (χ2v) is 4.75. The van der Waals surface area contributed by atoms with Crippen molar-refractivity contribution in [2.45, 2.75) is 25.8 Å². The molecule has 0 saturated carbocycles. The minimum Gasteiger partial charge on any atom is -0.341 e. The number of hydrogen-bond donors (Lipinski definition) is 1. The Kier molecular flexibility index (Phi) is 6.64. The van der Waals surface area contributed by atoms with Crippen molar-refractivity contribution in [3.63, 3.8) is 0 Å². The Labute approximate surface area is 107 Å². The first-order valence-electron chi connectivity index (χ1n) is 5.08. The molecule has 16 heavy (non-hydrogen) atoms. The van der Waals surface area contributed by atoms with E-state index in [9.17, 15) is 4.79 Å². The number of halogens is 1. The lowest BCUT2D eigenvalue weighted by molar-refractivity contribution is -0.132. The van der Waals surface area contributed by atoms with E-state index in [-0.39, 0.29) is 30.3 Å². The van der Waals surface area contributed by atoms with Gasteiger partial charge in [-0.05, 0) is 25.3 Å². The van der Waals surface area contributed by atoms with Crippen molar-refractivity contribution < 1.29 is 4.79 Å². The van der Waals surface area contributed by atoms with Gasteiger partial charge in [0.25, 0.3) is 0 Å². The van der Waals surface area contributed by atoms with Crippen molar-refractivity contribution in [1.82, 2.24) is 4.90 Å². The van der Waals surface area contributed by atoms with Crippen LogP contribution in [0.5, 0.6) is 0 Å². The topological polar surface area (TPSA) is 46.3 Å². The number of carbonyl (C=O) groups excluding carboxylic acids is 1. The number of rotatable bonds is 4. The van der Waals surface area contributed by atoms with Gasteiger partial charge in [-0.25, -0.2) is 0 Å². The van der Waals surface area contributed by atoms with Gasteiger partial charge in [0.05, 0.1) is 5.92 Å². The van der Waals surface area contributed by atoms with Crippen molar-refractivity contribution in [3.8, 4) is 0 Å². The zero-order valence-electron chi connectivity index (χ0n) is 9.84. The van der Waals surface area contributed by atoms with Crippen molar-refractivity contribution >= 4 is 29.7 Å². The summed E-state index contributed by atoms with van der Waals surface area (Å²) in [7, 11) is 1.81. The molecule has 1 rings (SSSR count). The maximum absolute atomic E-state index is 12.0. The van der Waals surface area contributed by atoms with E-state index in [1.54, 1.807) is 16.2 Å². The van der Waals surface area contributed by atoms with E-state index in [0.717, 1.165) is 4.88 Å². The zero-order valence-corrected chi connectivity index (χ0v) is 11.5. The molecule has 3 nitrogen and oxygen atoms in total. The van der Waals surface area contributed by atoms with Crippen LogP contribution in [0.15, 0.2) is 17.5 Å². The Morgan fingerprint density at radius 1 is 1.56 bits per heavy atom. The van der Waals surface area contributed by atoms with Gasteiger partial charge in [0.1, 0.15) is 0 Å². The average Bonchev–Trinajstić information content (AvgIpc) is 2.78. The second kappa shape index (κ2) is 6.89. The van der Waals surface area contributed by atoms with Crippen LogP contribution in [0.4, 0.5) is 0 Å². The van der Waals surface area contributed by atoms with E-state index in [1.165, 1.54) is 0 Å². The van der Waals surface area contributed by atoms with Crippen molar-refractivity contribution in [3.05, 3.63) is 22.4 Å². The maximum Gasteiger partial charge on any atom is 0.230 e. The second-order valence-electron chi connectivity index (χ2n) is 3.77. The lowest BCUT2D eigenvalue weighted by Crippen LogP contribution is -2.41. The van der Waals surface area contributed by atoms with Gasteiger partial charge in [-0.2, -0.15) is 0 Å². The third-order valence-corrected chi connectivity index (χ3v) is 3.75. The summed E-state index contributed by atoms with van der Waals surface area (Å²) in [5, 5.41) is 1.99. The SMILES string of the molecule is CC(C(=O)N(C)C(C)CN)c1cccs1.Cl. The Balaban J connectivity index is 0.00000225. The normalized spacial score (nSPS) is 13.8. The van der Waals surface area contributed by atoms with Crippen LogP contribution in [0, 0.1) is 0 Å². The van der Waals surface area contributed by atoms with Crippen LogP contribution in [0.25, 0.3) is 0 Å². The molecule has 0 saturated heterocycles. The van der Waals surface area contributed by atoms with Crippen LogP contribution >= 0.6 is 23.7 Å². The number of nitrogens with zero attached hydrogens (tertiary/aromatic N) is 1. The van der Waals surface area contributed by atoms with Crippen LogP contribution < -0.4 is 5.73 Å². The number of amides is 1. The van der Waals surface area contributed by atoms with Gasteiger partial charge in [-0.3, -0.25) is 4.79 Å². The highest BCUT2D eigenvalue weighted by Crippen LogP contribution is 2.22. The van der Waals surface area contributed by atoms with Crippen LogP contribution in [0.2, 0.25) is 0 Å². The fourth-order valence-corrected chi connectivity index (χ4v) is 2.12. The van der Waals surface area contributed by atoms with E-state index < -0.39 is 0 Å². The molecule has 1 aromatic rings. The third kappa shape index (κ3) is 3.47. The van der Waals surface area contributed by atoms with Gasteiger partial charge in [-0.15, -0.1) is 23.7 Å². The quantitative estimate of drug-likeness (QED) is 0.903. The molecule has 0 spiro atoms. The molecule has 92 valence electrons. The van der Waals surface area contributed by atoms with Gasteiger partial charge in [0, 0.05) is 24.5 Å². The van der Waals surface area contributed by atoms with Crippen LogP contribution in [-0.2, 0) is 4.79 Å². The van der Waals surface area contributed by atoms with E-state index in [4.69, 9.17) is 5.73 Å². The lowest BCUT2D eigenvalue weighted by atomic mass is 10.1. The number of nitrogens with two attached hydrogens (primary N) is 1. The Bertz CT molecular complexity index is 316. The first kappa shape index (κ1) is 15.4. The highest BCUT2D eigenvalue weighted by atomic mass is 35.5. The Morgan fingerprint density at radius 2 is 2.19 bits per heavy atom. The fraction of sp³-hybridized carbons (Fsp3) is 0.545. The largest absolute Gasteiger partial charge is 0.341 e. The molecule has 1 heterocycles. The molecule has 0 aromatic carbocycles. The van der Waals surface area contributed by atoms with Gasteiger partial charge >= 0.3 is 0 Å². The molecule has 0 bridgehead atoms. The average molecular weight is 263 g/mol. The van der Waals surface area contributed by atoms with Crippen molar-refractivity contribution in [2.75, 3.05) is 13.6 Å². The summed E-state index contributed by atoms with van der Waals surface area (Å²) in [4.78, 5) is 14.9. The molecule has 1 amide bonds. The third-order valence-electron chi connectivity index (χ3n) is 2.69. The molecular formula is C11H19ClN2OS. The standard InChI is InChI=1S/C11H18N2OS.ClH/c1-8(7-12)13(3)11(14)9(2)10-5-4-6-15-10;/h4-6,8-9H,7,12H2,1-3H3;1H. The molecule has 2 unspecified atom stereocenters. The molecular weight excluding hydrogens is 244 g/mol. The predicted molar refractivity (Wildman–Crippen MR) is 71.3 cm³/mol. The van der Waals surface area contributed by atoms with Gasteiger partial charge < -0.3 is 10.6 Å². The summed E-state index contributed by atoms with van der Waals surface area (Å²) in [5.41, 5.74) is 5.54. The molecule has 0 radical (unpaired) electrons. The summed E-state index contributed by atoms with van der Waals surface area (Å²) in [6, 6.07) is 4.06. The Morgan fingerprint density at radius 3 is 2.62 bits per heavy atom. The molecule has 0 fully saturated rings. The first-order valence-corrected chi connectivity index (χ1v) is 5.96. The van der Waals surface area contributed by atoms with Crippen LogP contribution in [0.1, 0.15) is 24.6 Å². The summed E-state index contributed by atoms with van der Waals surface area (Å²) >= 11 is 1.62. The molecule has 1 aromatic heterocycles. The summed E-state index contributed by atoms with van der Waals surface area (Å²) in [5.74, 6) is 0.0689. The number of thiophene rings is 1. The maximum atomic E-state index is 12.0. The molecule has 2 atom stereocenters. The van der Waals surface area contributed by atoms with E-state index in [0.29, 0.717) is 6.54 Å². The minimum atomic E-state index is -0.0657. The highest BCUT2D eigenvalue weighted by Gasteiger charge is 2.22. The lowest BCUT2D eigenvalue weighted by Gasteiger charge is -2.26. The summed E-state index contributed by atoms with van der Waals surface area (Å²) in [6.45, 7) is 4.40. The summed E-state index contributed by atoms with van der Waals surface area (Å²) < 4.78 is 0.